The van der Waals surface area contributed by atoms with Crippen molar-refractivity contribution in [2.24, 2.45) is 5.92 Å². The lowest BCUT2D eigenvalue weighted by molar-refractivity contribution is 0.683. The Morgan fingerprint density at radius 3 is 2.53 bits per heavy atom. The highest BCUT2D eigenvalue weighted by Gasteiger charge is 2.26. The third kappa shape index (κ3) is 3.59. The van der Waals surface area contributed by atoms with Gasteiger partial charge in [0.1, 0.15) is 16.8 Å². The Morgan fingerprint density at radius 1 is 1.32 bits per heavy atom. The average molecular weight is 282 g/mol. The first kappa shape index (κ1) is 14.6. The summed E-state index contributed by atoms with van der Waals surface area (Å²) in [6.07, 6.45) is 3.84. The molecule has 2 rings (SSSR count). The van der Waals surface area contributed by atoms with Gasteiger partial charge in [-0.1, -0.05) is 32.4 Å². The summed E-state index contributed by atoms with van der Waals surface area (Å²) >= 11 is 6.28. The van der Waals surface area contributed by atoms with E-state index in [1.54, 1.807) is 0 Å². The topological polar surface area (TPSA) is 29.0 Å². The molecule has 1 aliphatic carbocycles. The summed E-state index contributed by atoms with van der Waals surface area (Å²) in [7, 11) is 0. The molecule has 0 spiro atoms. The van der Waals surface area contributed by atoms with Crippen LogP contribution in [0.4, 0.5) is 5.82 Å². The highest BCUT2D eigenvalue weighted by Crippen LogP contribution is 2.33. The molecule has 0 N–H and O–H groups in total. The van der Waals surface area contributed by atoms with E-state index >= 15 is 0 Å². The monoisotopic (exact) mass is 281 g/mol. The standard InChI is InChI=1S/C15H24ClN3/c1-5-8-19(9-12-6-7-12)15-11(4)13(16)17-14(18-15)10(2)3/h10,12H,5-9H2,1-4H3. The second-order valence-electron chi connectivity index (χ2n) is 5.87. The second kappa shape index (κ2) is 6.08. The van der Waals surface area contributed by atoms with Gasteiger partial charge in [0.25, 0.3) is 0 Å². The van der Waals surface area contributed by atoms with Crippen molar-refractivity contribution >= 4 is 17.4 Å². The summed E-state index contributed by atoms with van der Waals surface area (Å²) in [5.74, 6) is 3.04. The lowest BCUT2D eigenvalue weighted by Gasteiger charge is -2.26. The van der Waals surface area contributed by atoms with Gasteiger partial charge in [-0.05, 0) is 32.1 Å². The first-order valence-corrected chi connectivity index (χ1v) is 7.69. The molecule has 1 heterocycles. The van der Waals surface area contributed by atoms with Crippen LogP contribution >= 0.6 is 11.6 Å². The summed E-state index contributed by atoms with van der Waals surface area (Å²) in [5, 5.41) is 0.602. The van der Waals surface area contributed by atoms with Crippen LogP contribution < -0.4 is 4.90 Å². The maximum atomic E-state index is 6.28. The fourth-order valence-corrected chi connectivity index (χ4v) is 2.40. The van der Waals surface area contributed by atoms with Crippen molar-refractivity contribution in [3.63, 3.8) is 0 Å². The van der Waals surface area contributed by atoms with Gasteiger partial charge in [-0.3, -0.25) is 0 Å². The van der Waals surface area contributed by atoms with Gasteiger partial charge in [0.15, 0.2) is 0 Å². The Labute approximate surface area is 121 Å². The number of hydrogen-bond acceptors (Lipinski definition) is 3. The van der Waals surface area contributed by atoms with Crippen LogP contribution in [0.25, 0.3) is 0 Å². The predicted octanol–water partition coefficient (Wildman–Crippen LogP) is 4.19. The van der Waals surface area contributed by atoms with Crippen LogP contribution in [0.15, 0.2) is 0 Å². The minimum atomic E-state index is 0.307. The molecule has 0 bridgehead atoms. The van der Waals surface area contributed by atoms with E-state index in [9.17, 15) is 0 Å². The molecule has 0 amide bonds. The van der Waals surface area contributed by atoms with Gasteiger partial charge in [-0.25, -0.2) is 9.97 Å². The molecule has 3 nitrogen and oxygen atoms in total. The summed E-state index contributed by atoms with van der Waals surface area (Å²) in [6, 6.07) is 0. The second-order valence-corrected chi connectivity index (χ2v) is 6.22. The Bertz CT molecular complexity index is 441. The highest BCUT2D eigenvalue weighted by atomic mass is 35.5. The molecule has 4 heteroatoms. The number of halogens is 1. The van der Waals surface area contributed by atoms with Gasteiger partial charge in [0, 0.05) is 24.6 Å². The number of anilines is 1. The van der Waals surface area contributed by atoms with Crippen molar-refractivity contribution in [1.29, 1.82) is 0 Å². The molecule has 1 aromatic rings. The van der Waals surface area contributed by atoms with Crippen molar-refractivity contribution in [3.8, 4) is 0 Å². The summed E-state index contributed by atoms with van der Waals surface area (Å²) in [4.78, 5) is 11.6. The average Bonchev–Trinajstić information content (AvgIpc) is 3.15. The highest BCUT2D eigenvalue weighted by molar-refractivity contribution is 6.30. The normalized spacial score (nSPS) is 15.1. The van der Waals surface area contributed by atoms with Crippen LogP contribution in [0.1, 0.15) is 57.3 Å². The van der Waals surface area contributed by atoms with Crippen LogP contribution in [0.2, 0.25) is 5.15 Å². The summed E-state index contributed by atoms with van der Waals surface area (Å²) < 4.78 is 0. The molecule has 19 heavy (non-hydrogen) atoms. The Balaban J connectivity index is 2.32. The third-order valence-electron chi connectivity index (χ3n) is 3.56. The van der Waals surface area contributed by atoms with Crippen molar-refractivity contribution in [3.05, 3.63) is 16.5 Å². The zero-order valence-electron chi connectivity index (χ0n) is 12.4. The molecular weight excluding hydrogens is 258 g/mol. The van der Waals surface area contributed by atoms with Gasteiger partial charge in [-0.2, -0.15) is 0 Å². The van der Waals surface area contributed by atoms with E-state index in [2.05, 4.69) is 30.7 Å². The minimum absolute atomic E-state index is 0.307. The Morgan fingerprint density at radius 2 is 2.00 bits per heavy atom. The zero-order valence-corrected chi connectivity index (χ0v) is 13.2. The fraction of sp³-hybridized carbons (Fsp3) is 0.733. The third-order valence-corrected chi connectivity index (χ3v) is 3.93. The Kier molecular flexibility index (Phi) is 4.67. The van der Waals surface area contributed by atoms with Gasteiger partial charge in [-0.15, -0.1) is 0 Å². The van der Waals surface area contributed by atoms with Gasteiger partial charge in [0.05, 0.1) is 0 Å². The van der Waals surface area contributed by atoms with Crippen LogP contribution in [0.5, 0.6) is 0 Å². The molecule has 106 valence electrons. The molecule has 0 atom stereocenters. The maximum absolute atomic E-state index is 6.28. The van der Waals surface area contributed by atoms with Crippen molar-refractivity contribution in [2.75, 3.05) is 18.0 Å². The largest absolute Gasteiger partial charge is 0.356 e. The van der Waals surface area contributed by atoms with E-state index in [0.717, 1.165) is 42.6 Å². The van der Waals surface area contributed by atoms with E-state index < -0.39 is 0 Å². The number of aromatic nitrogens is 2. The molecule has 1 saturated carbocycles. The SMILES string of the molecule is CCCN(CC1CC1)c1nc(C(C)C)nc(Cl)c1C. The van der Waals surface area contributed by atoms with E-state index in [-0.39, 0.29) is 0 Å². The maximum Gasteiger partial charge on any atom is 0.137 e. The summed E-state index contributed by atoms with van der Waals surface area (Å²) in [5.41, 5.74) is 1.01. The van der Waals surface area contributed by atoms with Crippen LogP contribution in [-0.4, -0.2) is 23.1 Å². The first-order valence-electron chi connectivity index (χ1n) is 7.31. The molecule has 0 saturated heterocycles. The van der Waals surface area contributed by atoms with Crippen LogP contribution in [0, 0.1) is 12.8 Å². The predicted molar refractivity (Wildman–Crippen MR) is 81.1 cm³/mol. The fourth-order valence-electron chi connectivity index (χ4n) is 2.23. The molecule has 0 aromatic carbocycles. The zero-order chi connectivity index (χ0) is 14.0. The van der Waals surface area contributed by atoms with E-state index in [1.807, 2.05) is 6.92 Å². The number of rotatable bonds is 6. The van der Waals surface area contributed by atoms with Crippen molar-refractivity contribution in [1.82, 2.24) is 9.97 Å². The molecule has 1 fully saturated rings. The quantitative estimate of drug-likeness (QED) is 0.732. The van der Waals surface area contributed by atoms with Gasteiger partial charge < -0.3 is 4.90 Å². The molecule has 0 aliphatic heterocycles. The molecule has 0 unspecified atom stereocenters. The van der Waals surface area contributed by atoms with Crippen molar-refractivity contribution < 1.29 is 0 Å². The van der Waals surface area contributed by atoms with Crippen LogP contribution in [-0.2, 0) is 0 Å². The lowest BCUT2D eigenvalue weighted by Crippen LogP contribution is -2.29. The number of hydrogen-bond donors (Lipinski definition) is 0. The van der Waals surface area contributed by atoms with Crippen molar-refractivity contribution in [2.45, 2.75) is 52.9 Å². The first-order chi connectivity index (χ1) is 9.02. The molecule has 1 aliphatic rings. The molecule has 0 radical (unpaired) electrons. The molecular formula is C15H24ClN3. The molecule has 1 aromatic heterocycles. The smallest absolute Gasteiger partial charge is 0.137 e. The van der Waals surface area contributed by atoms with E-state index in [0.29, 0.717) is 11.1 Å². The van der Waals surface area contributed by atoms with E-state index in [4.69, 9.17) is 16.6 Å². The van der Waals surface area contributed by atoms with Gasteiger partial charge >= 0.3 is 0 Å². The minimum Gasteiger partial charge on any atom is -0.356 e. The van der Waals surface area contributed by atoms with Crippen LogP contribution in [0.3, 0.4) is 0 Å². The lowest BCUT2D eigenvalue weighted by atomic mass is 10.2. The Hall–Kier alpha value is -0.830. The van der Waals surface area contributed by atoms with Gasteiger partial charge in [0.2, 0.25) is 0 Å². The van der Waals surface area contributed by atoms with E-state index in [1.165, 1.54) is 12.8 Å². The summed E-state index contributed by atoms with van der Waals surface area (Å²) in [6.45, 7) is 10.6. The number of nitrogens with zero attached hydrogens (tertiary/aromatic N) is 3.